The zero-order valence-electron chi connectivity index (χ0n) is 35.7. The SMILES string of the molecule is CC(C)(CCNN=C(NC(=O)OC(C)(C)C)NC(=O)OC(C)(C)C)CN1CCCc2ccccc2COc2cc(Cl)ccc2CN=C(NC(=O)OC(C)(C)C)NC1=O. The number of urea groups is 1. The number of hydrogen-bond acceptors (Lipinski definition) is 11. The lowest BCUT2D eigenvalue weighted by atomic mass is 9.88. The number of nitrogens with zero attached hydrogens (tertiary/aromatic N) is 3. The number of aliphatic imine (C=N–C) groups is 1. The largest absolute Gasteiger partial charge is 0.488 e. The Hall–Kier alpha value is -5.25. The van der Waals surface area contributed by atoms with Gasteiger partial charge in [-0.1, -0.05) is 55.8 Å². The molecule has 0 atom stereocenters. The molecule has 16 nitrogen and oxygen atoms in total. The first-order chi connectivity index (χ1) is 26.9. The number of hydrazone groups is 1. The van der Waals surface area contributed by atoms with Crippen LogP contribution in [-0.4, -0.2) is 77.6 Å². The van der Waals surface area contributed by atoms with Crippen molar-refractivity contribution in [1.29, 1.82) is 0 Å². The second-order valence-corrected chi connectivity index (χ2v) is 18.0. The highest BCUT2D eigenvalue weighted by Gasteiger charge is 2.27. The summed E-state index contributed by atoms with van der Waals surface area (Å²) in [7, 11) is 0. The Morgan fingerprint density at radius 1 is 0.845 bits per heavy atom. The van der Waals surface area contributed by atoms with Gasteiger partial charge in [-0.25, -0.2) is 24.2 Å². The van der Waals surface area contributed by atoms with Crippen molar-refractivity contribution in [3.05, 3.63) is 64.2 Å². The summed E-state index contributed by atoms with van der Waals surface area (Å²) in [5.41, 5.74) is 2.81. The van der Waals surface area contributed by atoms with Gasteiger partial charge in [0.05, 0.1) is 6.54 Å². The topological polar surface area (TPSA) is 193 Å². The minimum Gasteiger partial charge on any atom is -0.488 e. The third kappa shape index (κ3) is 18.3. The van der Waals surface area contributed by atoms with Crippen molar-refractivity contribution in [2.45, 2.75) is 125 Å². The lowest BCUT2D eigenvalue weighted by Gasteiger charge is -2.33. The van der Waals surface area contributed by atoms with Crippen LogP contribution >= 0.6 is 11.6 Å². The Kier molecular flexibility index (Phi) is 16.6. The van der Waals surface area contributed by atoms with Gasteiger partial charge in [-0.3, -0.25) is 21.3 Å². The van der Waals surface area contributed by atoms with Crippen LogP contribution in [0.1, 0.15) is 106 Å². The monoisotopic (exact) mass is 828 g/mol. The van der Waals surface area contributed by atoms with Gasteiger partial charge in [0.2, 0.25) is 11.9 Å². The van der Waals surface area contributed by atoms with Gasteiger partial charge < -0.3 is 29.3 Å². The molecule has 320 valence electrons. The number of alkyl carbamates (subject to hydrolysis) is 3. The van der Waals surface area contributed by atoms with Crippen molar-refractivity contribution in [2.75, 3.05) is 19.6 Å². The van der Waals surface area contributed by atoms with Gasteiger partial charge in [0, 0.05) is 30.2 Å². The molecule has 58 heavy (non-hydrogen) atoms. The molecule has 0 spiro atoms. The molecule has 5 N–H and O–H groups in total. The zero-order valence-corrected chi connectivity index (χ0v) is 36.4. The minimum absolute atomic E-state index is 0.0464. The van der Waals surface area contributed by atoms with E-state index in [4.69, 9.17) is 30.5 Å². The van der Waals surface area contributed by atoms with E-state index < -0.39 is 46.5 Å². The fraction of sp³-hybridized carbons (Fsp3) is 0.561. The Labute approximate surface area is 347 Å². The third-order valence-electron chi connectivity index (χ3n) is 7.91. The third-order valence-corrected chi connectivity index (χ3v) is 8.14. The summed E-state index contributed by atoms with van der Waals surface area (Å²) in [6.07, 6.45) is -0.637. The minimum atomic E-state index is -0.819. The number of ether oxygens (including phenoxy) is 4. The Morgan fingerprint density at radius 2 is 1.43 bits per heavy atom. The molecule has 3 rings (SSSR count). The van der Waals surface area contributed by atoms with E-state index in [1.807, 2.05) is 38.1 Å². The Bertz CT molecular complexity index is 1780. The molecular formula is C41H61ClN8O8. The van der Waals surface area contributed by atoms with Gasteiger partial charge >= 0.3 is 24.3 Å². The molecule has 17 heteroatoms. The number of halogens is 1. The molecule has 2 aromatic rings. The molecule has 0 saturated heterocycles. The number of rotatable bonds is 6. The van der Waals surface area contributed by atoms with Crippen LogP contribution in [0.4, 0.5) is 19.2 Å². The van der Waals surface area contributed by atoms with Gasteiger partial charge in [-0.15, -0.1) is 5.10 Å². The first kappa shape index (κ1) is 47.1. The summed E-state index contributed by atoms with van der Waals surface area (Å²) >= 11 is 6.35. The van der Waals surface area contributed by atoms with E-state index in [9.17, 15) is 19.2 Å². The first-order valence-electron chi connectivity index (χ1n) is 19.3. The smallest absolute Gasteiger partial charge is 0.414 e. The van der Waals surface area contributed by atoms with E-state index in [1.54, 1.807) is 85.4 Å². The number of hydrogen-bond donors (Lipinski definition) is 5. The summed E-state index contributed by atoms with van der Waals surface area (Å²) in [6, 6.07) is 12.7. The maximum atomic E-state index is 14.1. The predicted molar refractivity (Wildman–Crippen MR) is 224 cm³/mol. The average molecular weight is 829 g/mol. The lowest BCUT2D eigenvalue weighted by Crippen LogP contribution is -2.52. The van der Waals surface area contributed by atoms with Crippen molar-refractivity contribution < 1.29 is 38.1 Å². The van der Waals surface area contributed by atoms with E-state index >= 15 is 0 Å². The number of nitrogens with one attached hydrogen (secondary N) is 5. The van der Waals surface area contributed by atoms with Crippen molar-refractivity contribution in [3.63, 3.8) is 0 Å². The number of carbonyl (C=O) groups is 4. The molecule has 0 unspecified atom stereocenters. The summed E-state index contributed by atoms with van der Waals surface area (Å²) in [6.45, 7) is 20.8. The summed E-state index contributed by atoms with van der Waals surface area (Å²) in [5, 5.41) is 15.0. The van der Waals surface area contributed by atoms with E-state index in [2.05, 4.69) is 36.8 Å². The van der Waals surface area contributed by atoms with E-state index in [0.717, 1.165) is 11.1 Å². The van der Waals surface area contributed by atoms with Crippen molar-refractivity contribution >= 4 is 47.8 Å². The van der Waals surface area contributed by atoms with Crippen molar-refractivity contribution in [2.24, 2.45) is 15.5 Å². The molecule has 0 bridgehead atoms. The molecule has 5 amide bonds. The second-order valence-electron chi connectivity index (χ2n) is 17.6. The van der Waals surface area contributed by atoms with Gasteiger partial charge in [0.1, 0.15) is 29.2 Å². The number of fused-ring (bicyclic) bond motifs is 2. The summed E-state index contributed by atoms with van der Waals surface area (Å²) in [5.74, 6) is 0.213. The maximum absolute atomic E-state index is 14.1. The van der Waals surface area contributed by atoms with E-state index in [-0.39, 0.29) is 18.5 Å². The predicted octanol–water partition coefficient (Wildman–Crippen LogP) is 7.58. The number of amides is 5. The van der Waals surface area contributed by atoms with Crippen LogP contribution in [0.3, 0.4) is 0 Å². The van der Waals surface area contributed by atoms with Crippen LogP contribution in [-0.2, 0) is 33.8 Å². The van der Waals surface area contributed by atoms with Crippen molar-refractivity contribution in [1.82, 2.24) is 31.6 Å². The lowest BCUT2D eigenvalue weighted by molar-refractivity contribution is 0.0534. The Morgan fingerprint density at radius 3 is 2.03 bits per heavy atom. The Balaban J connectivity index is 1.86. The van der Waals surface area contributed by atoms with Crippen LogP contribution < -0.4 is 31.4 Å². The first-order valence-corrected chi connectivity index (χ1v) is 19.6. The van der Waals surface area contributed by atoms with Crippen LogP contribution in [0.2, 0.25) is 5.02 Å². The van der Waals surface area contributed by atoms with Gasteiger partial charge in [-0.2, -0.15) is 0 Å². The highest BCUT2D eigenvalue weighted by Crippen LogP contribution is 2.27. The molecule has 1 aliphatic rings. The molecule has 1 aliphatic heterocycles. The highest BCUT2D eigenvalue weighted by molar-refractivity contribution is 6.30. The molecule has 0 saturated carbocycles. The molecular weight excluding hydrogens is 768 g/mol. The quantitative estimate of drug-likeness (QED) is 0.0642. The van der Waals surface area contributed by atoms with Gasteiger partial charge in [0.25, 0.3) is 0 Å². The van der Waals surface area contributed by atoms with Crippen LogP contribution in [0.25, 0.3) is 0 Å². The maximum Gasteiger partial charge on any atom is 0.414 e. The number of benzene rings is 2. The summed E-state index contributed by atoms with van der Waals surface area (Å²) in [4.78, 5) is 58.3. The van der Waals surface area contributed by atoms with Gasteiger partial charge in [0.15, 0.2) is 0 Å². The standard InChI is InChI=1S/C41H61ClN8O8/c1-38(2,3)56-35(52)46-32-43-24-28-18-19-30(42)23-31(28)55-25-29-16-13-12-15-27(29)17-14-22-50(34(51)45-32)26-41(10,11)20-21-44-49-33(47-36(53)57-39(4,5)6)48-37(54)58-40(7,8)9/h12-13,15-16,18-19,23,44H,14,17,20-22,24-26H2,1-11H3,(H2,43,45,46,51,52)(H2,47,48,49,53,54). The molecule has 0 radical (unpaired) electrons. The fourth-order valence-electron chi connectivity index (χ4n) is 5.47. The average Bonchev–Trinajstić information content (AvgIpc) is 3.06. The number of carbonyl (C=O) groups excluding carboxylic acids is 4. The van der Waals surface area contributed by atoms with Gasteiger partial charge in [-0.05, 0) is 110 Å². The van der Waals surface area contributed by atoms with Crippen LogP contribution in [0.15, 0.2) is 52.6 Å². The fourth-order valence-corrected chi connectivity index (χ4v) is 5.63. The molecule has 0 aromatic heterocycles. The molecule has 2 aromatic carbocycles. The summed E-state index contributed by atoms with van der Waals surface area (Å²) < 4.78 is 22.4. The molecule has 0 fully saturated rings. The zero-order chi connectivity index (χ0) is 43.3. The molecule has 1 heterocycles. The number of guanidine groups is 2. The second kappa shape index (κ2) is 20.4. The van der Waals surface area contributed by atoms with E-state index in [1.165, 1.54) is 0 Å². The van der Waals surface area contributed by atoms with Crippen LogP contribution in [0.5, 0.6) is 5.75 Å². The molecule has 0 aliphatic carbocycles. The van der Waals surface area contributed by atoms with Crippen LogP contribution in [0, 0.1) is 5.41 Å². The number of aryl methyl sites for hydroxylation is 1. The van der Waals surface area contributed by atoms with E-state index in [0.29, 0.717) is 61.8 Å². The normalized spacial score (nSPS) is 14.3. The van der Waals surface area contributed by atoms with Crippen molar-refractivity contribution in [3.8, 4) is 5.75 Å². The highest BCUT2D eigenvalue weighted by atomic mass is 35.5.